The van der Waals surface area contributed by atoms with Crippen molar-refractivity contribution in [3.63, 3.8) is 0 Å². The molecule has 1 aromatic carbocycles. The van der Waals surface area contributed by atoms with E-state index in [1.165, 1.54) is 0 Å². The Kier molecular flexibility index (Phi) is 3.10. The predicted molar refractivity (Wildman–Crippen MR) is 73.9 cm³/mol. The van der Waals surface area contributed by atoms with Gasteiger partial charge in [0.05, 0.1) is 13.3 Å². The number of hydrogen-bond acceptors (Lipinski definition) is 6. The lowest BCUT2D eigenvalue weighted by atomic mass is 10.3. The van der Waals surface area contributed by atoms with E-state index in [0.717, 1.165) is 0 Å². The molecule has 20 heavy (non-hydrogen) atoms. The van der Waals surface area contributed by atoms with Crippen LogP contribution in [-0.2, 0) is 0 Å². The van der Waals surface area contributed by atoms with E-state index in [1.54, 1.807) is 36.2 Å². The second-order valence-corrected chi connectivity index (χ2v) is 3.99. The van der Waals surface area contributed by atoms with Gasteiger partial charge in [0.25, 0.3) is 5.88 Å². The summed E-state index contributed by atoms with van der Waals surface area (Å²) < 4.78 is 12.8. The normalized spacial score (nSPS) is 10.5. The highest BCUT2D eigenvalue weighted by Gasteiger charge is 2.12. The molecule has 0 amide bonds. The van der Waals surface area contributed by atoms with Gasteiger partial charge in [-0.25, -0.2) is 10.8 Å². The highest BCUT2D eigenvalue weighted by molar-refractivity contribution is 5.55. The van der Waals surface area contributed by atoms with Gasteiger partial charge in [0.15, 0.2) is 17.3 Å². The molecule has 0 bridgehead atoms. The van der Waals surface area contributed by atoms with E-state index >= 15 is 0 Å². The van der Waals surface area contributed by atoms with Crippen LogP contribution < -0.4 is 20.7 Å². The van der Waals surface area contributed by atoms with Gasteiger partial charge in [0.2, 0.25) is 5.65 Å². The number of methoxy groups -OCH3 is 1. The zero-order chi connectivity index (χ0) is 13.9. The summed E-state index contributed by atoms with van der Waals surface area (Å²) in [6, 6.07) is 7.32. The second kappa shape index (κ2) is 5.06. The molecule has 0 saturated heterocycles. The van der Waals surface area contributed by atoms with E-state index in [1.807, 2.05) is 18.2 Å². The van der Waals surface area contributed by atoms with E-state index in [0.29, 0.717) is 28.8 Å². The monoisotopic (exact) mass is 271 g/mol. The Hall–Kier alpha value is -2.80. The molecule has 7 heteroatoms. The van der Waals surface area contributed by atoms with Gasteiger partial charge in [-0.05, 0) is 12.1 Å². The van der Waals surface area contributed by atoms with Crippen LogP contribution in [0, 0.1) is 0 Å². The average molecular weight is 271 g/mol. The van der Waals surface area contributed by atoms with Crippen LogP contribution in [0.3, 0.4) is 0 Å². The van der Waals surface area contributed by atoms with E-state index in [9.17, 15) is 0 Å². The first kappa shape index (κ1) is 12.2. The maximum Gasteiger partial charge on any atom is 0.266 e. The number of nitrogen functional groups attached to an aromatic ring is 1. The van der Waals surface area contributed by atoms with Gasteiger partial charge in [0.1, 0.15) is 0 Å². The molecule has 0 aliphatic carbocycles. The van der Waals surface area contributed by atoms with Gasteiger partial charge >= 0.3 is 0 Å². The van der Waals surface area contributed by atoms with E-state index in [4.69, 9.17) is 15.3 Å². The lowest BCUT2D eigenvalue weighted by molar-refractivity contribution is 0.375. The summed E-state index contributed by atoms with van der Waals surface area (Å²) in [5, 5.41) is 0. The molecular formula is C13H13N5O2. The third-order valence-electron chi connectivity index (χ3n) is 2.77. The van der Waals surface area contributed by atoms with Crippen LogP contribution in [0.5, 0.6) is 17.4 Å². The minimum atomic E-state index is 0.343. The van der Waals surface area contributed by atoms with Crippen molar-refractivity contribution in [1.29, 1.82) is 0 Å². The SMILES string of the molecule is COc1ccccc1Oc1nc(NN)cn2ccnc12. The fourth-order valence-corrected chi connectivity index (χ4v) is 1.85. The Balaban J connectivity index is 2.07. The second-order valence-electron chi connectivity index (χ2n) is 3.99. The maximum absolute atomic E-state index is 5.80. The number of fused-ring (bicyclic) bond motifs is 1. The molecule has 0 saturated carbocycles. The molecule has 0 unspecified atom stereocenters. The number of aromatic nitrogens is 3. The number of hydrogen-bond donors (Lipinski definition) is 2. The molecule has 2 heterocycles. The Bertz CT molecular complexity index is 740. The van der Waals surface area contributed by atoms with Gasteiger partial charge < -0.3 is 14.9 Å². The molecule has 0 aliphatic heterocycles. The summed E-state index contributed by atoms with van der Waals surface area (Å²) >= 11 is 0. The van der Waals surface area contributed by atoms with Crippen molar-refractivity contribution < 1.29 is 9.47 Å². The quantitative estimate of drug-likeness (QED) is 0.556. The number of imidazole rings is 1. The Morgan fingerprint density at radius 3 is 2.80 bits per heavy atom. The number of anilines is 1. The van der Waals surface area contributed by atoms with Crippen molar-refractivity contribution in [2.75, 3.05) is 12.5 Å². The zero-order valence-corrected chi connectivity index (χ0v) is 10.8. The molecule has 2 aromatic heterocycles. The highest BCUT2D eigenvalue weighted by Crippen LogP contribution is 2.32. The van der Waals surface area contributed by atoms with Crippen LogP contribution in [0.15, 0.2) is 42.9 Å². The predicted octanol–water partition coefficient (Wildman–Crippen LogP) is 1.82. The van der Waals surface area contributed by atoms with E-state index < -0.39 is 0 Å². The van der Waals surface area contributed by atoms with E-state index in [-0.39, 0.29) is 0 Å². The summed E-state index contributed by atoms with van der Waals surface area (Å²) in [5.74, 6) is 7.39. The van der Waals surface area contributed by atoms with Crippen molar-refractivity contribution in [2.45, 2.75) is 0 Å². The third kappa shape index (κ3) is 2.10. The Morgan fingerprint density at radius 2 is 2.05 bits per heavy atom. The first-order valence-electron chi connectivity index (χ1n) is 5.93. The molecule has 3 aromatic rings. The van der Waals surface area contributed by atoms with Crippen molar-refractivity contribution in [3.05, 3.63) is 42.9 Å². The van der Waals surface area contributed by atoms with Gasteiger partial charge in [-0.1, -0.05) is 12.1 Å². The van der Waals surface area contributed by atoms with Crippen LogP contribution in [0.4, 0.5) is 5.82 Å². The van der Waals surface area contributed by atoms with Gasteiger partial charge in [-0.2, -0.15) is 4.98 Å². The first-order valence-corrected chi connectivity index (χ1v) is 5.93. The molecule has 0 aliphatic rings. The molecule has 7 nitrogen and oxygen atoms in total. The summed E-state index contributed by atoms with van der Waals surface area (Å²) in [6.45, 7) is 0. The molecule has 102 valence electrons. The summed E-state index contributed by atoms with van der Waals surface area (Å²) in [6.07, 6.45) is 5.16. The molecule has 0 fully saturated rings. The summed E-state index contributed by atoms with van der Waals surface area (Å²) in [7, 11) is 1.58. The van der Waals surface area contributed by atoms with Crippen LogP contribution >= 0.6 is 0 Å². The lowest BCUT2D eigenvalue weighted by Gasteiger charge is -2.11. The Labute approximate surface area is 114 Å². The molecule has 0 atom stereocenters. The number of rotatable bonds is 4. The van der Waals surface area contributed by atoms with E-state index in [2.05, 4.69) is 15.4 Å². The standard InChI is InChI=1S/C13H13N5O2/c1-19-9-4-2-3-5-10(9)20-13-12-15-6-7-18(12)8-11(16-13)17-14/h2-8,17H,14H2,1H3. The molecule has 0 spiro atoms. The van der Waals surface area contributed by atoms with Crippen molar-refractivity contribution in [1.82, 2.24) is 14.4 Å². The topological polar surface area (TPSA) is 86.7 Å². The van der Waals surface area contributed by atoms with Crippen LogP contribution in [-0.4, -0.2) is 21.5 Å². The average Bonchev–Trinajstić information content (AvgIpc) is 2.96. The fraction of sp³-hybridized carbons (Fsp3) is 0.0769. The fourth-order valence-electron chi connectivity index (χ4n) is 1.85. The van der Waals surface area contributed by atoms with Crippen LogP contribution in [0.1, 0.15) is 0 Å². The number of para-hydroxylation sites is 2. The third-order valence-corrected chi connectivity index (χ3v) is 2.77. The highest BCUT2D eigenvalue weighted by atomic mass is 16.5. The van der Waals surface area contributed by atoms with Crippen LogP contribution in [0.25, 0.3) is 5.65 Å². The maximum atomic E-state index is 5.80. The Morgan fingerprint density at radius 1 is 1.25 bits per heavy atom. The number of hydrazine groups is 1. The molecule has 3 rings (SSSR count). The van der Waals surface area contributed by atoms with Crippen molar-refractivity contribution in [3.8, 4) is 17.4 Å². The number of benzene rings is 1. The number of nitrogens with two attached hydrogens (primary N) is 1. The number of nitrogens with zero attached hydrogens (tertiary/aromatic N) is 3. The first-order chi connectivity index (χ1) is 9.81. The zero-order valence-electron chi connectivity index (χ0n) is 10.8. The van der Waals surface area contributed by atoms with Crippen molar-refractivity contribution >= 4 is 11.5 Å². The smallest absolute Gasteiger partial charge is 0.266 e. The van der Waals surface area contributed by atoms with Crippen LogP contribution in [0.2, 0.25) is 0 Å². The van der Waals surface area contributed by atoms with Crippen molar-refractivity contribution in [2.24, 2.45) is 5.84 Å². The number of ether oxygens (including phenoxy) is 2. The summed E-state index contributed by atoms with van der Waals surface area (Å²) in [5.41, 5.74) is 3.09. The molecule has 0 radical (unpaired) electrons. The molecular weight excluding hydrogens is 258 g/mol. The molecule has 3 N–H and O–H groups in total. The van der Waals surface area contributed by atoms with Gasteiger partial charge in [0, 0.05) is 12.4 Å². The number of nitrogens with one attached hydrogen (secondary N) is 1. The van der Waals surface area contributed by atoms with Gasteiger partial charge in [-0.15, -0.1) is 0 Å². The minimum Gasteiger partial charge on any atom is -0.493 e. The minimum absolute atomic E-state index is 0.343. The summed E-state index contributed by atoms with van der Waals surface area (Å²) in [4.78, 5) is 8.48. The largest absolute Gasteiger partial charge is 0.493 e. The van der Waals surface area contributed by atoms with Gasteiger partial charge in [-0.3, -0.25) is 4.40 Å². The lowest BCUT2D eigenvalue weighted by Crippen LogP contribution is -2.10.